The molecule has 2 N–H and O–H groups in total. The van der Waals surface area contributed by atoms with Crippen molar-refractivity contribution in [2.75, 3.05) is 10.6 Å². The van der Waals surface area contributed by atoms with Gasteiger partial charge >= 0.3 is 0 Å². The van der Waals surface area contributed by atoms with Crippen LogP contribution < -0.4 is 10.6 Å². The second kappa shape index (κ2) is 4.09. The summed E-state index contributed by atoms with van der Waals surface area (Å²) in [5.41, 5.74) is 3.05. The highest BCUT2D eigenvalue weighted by molar-refractivity contribution is 6.06. The first kappa shape index (κ1) is 11.0. The van der Waals surface area contributed by atoms with E-state index in [1.807, 2.05) is 24.3 Å². The zero-order valence-corrected chi connectivity index (χ0v) is 10.5. The molecule has 2 aromatic rings. The lowest BCUT2D eigenvalue weighted by Gasteiger charge is -2.19. The van der Waals surface area contributed by atoms with Crippen molar-refractivity contribution in [2.45, 2.75) is 6.10 Å². The molecule has 1 atom stereocenters. The summed E-state index contributed by atoms with van der Waals surface area (Å²) in [6, 6.07) is 11.3. The molecule has 1 aromatic heterocycles. The van der Waals surface area contributed by atoms with Gasteiger partial charge in [-0.25, -0.2) is 0 Å². The lowest BCUT2D eigenvalue weighted by molar-refractivity contribution is -0.121. The number of nitrogens with zero attached hydrogens (tertiary/aromatic N) is 1. The Labute approximate surface area is 115 Å². The van der Waals surface area contributed by atoms with Crippen LogP contribution in [-0.4, -0.2) is 10.8 Å². The first-order valence-electron chi connectivity index (χ1n) is 6.31. The number of hydrogen-bond acceptors (Lipinski definition) is 5. The van der Waals surface area contributed by atoms with Gasteiger partial charge < -0.3 is 15.4 Å². The molecular formula is C15H11N3O2. The molecule has 2 aliphatic rings. The van der Waals surface area contributed by atoms with Crippen LogP contribution in [0.15, 0.2) is 60.4 Å². The summed E-state index contributed by atoms with van der Waals surface area (Å²) in [5, 5.41) is 6.28. The number of carbonyl (C=O) groups is 1. The predicted molar refractivity (Wildman–Crippen MR) is 73.8 cm³/mol. The molecule has 4 rings (SSSR count). The molecule has 0 saturated carbocycles. The Morgan fingerprint density at radius 3 is 2.45 bits per heavy atom. The van der Waals surface area contributed by atoms with E-state index in [2.05, 4.69) is 15.6 Å². The number of anilines is 2. The molecule has 0 aliphatic carbocycles. The van der Waals surface area contributed by atoms with Crippen LogP contribution in [0.25, 0.3) is 0 Å². The predicted octanol–water partition coefficient (Wildman–Crippen LogP) is 2.43. The maximum Gasteiger partial charge on any atom is 0.229 e. The van der Waals surface area contributed by atoms with E-state index in [1.54, 1.807) is 24.5 Å². The standard InChI is InChI=1S/C15H11N3O2/c19-13-12-15(18-11-4-2-1-3-10(11)17-12)20-14(13)9-5-7-16-8-6-9/h1-8,14,17-18H. The fourth-order valence-corrected chi connectivity index (χ4v) is 2.40. The van der Waals surface area contributed by atoms with Gasteiger partial charge in [0.2, 0.25) is 11.7 Å². The van der Waals surface area contributed by atoms with Gasteiger partial charge in [-0.05, 0) is 24.3 Å². The zero-order valence-electron chi connectivity index (χ0n) is 10.5. The lowest BCUT2D eigenvalue weighted by atomic mass is 10.1. The van der Waals surface area contributed by atoms with Crippen molar-refractivity contribution in [3.63, 3.8) is 0 Å². The highest BCUT2D eigenvalue weighted by atomic mass is 16.5. The van der Waals surface area contributed by atoms with E-state index in [0.29, 0.717) is 11.6 Å². The van der Waals surface area contributed by atoms with E-state index >= 15 is 0 Å². The average molecular weight is 265 g/mol. The first-order chi connectivity index (χ1) is 9.83. The molecule has 1 aromatic carbocycles. The van der Waals surface area contributed by atoms with E-state index in [9.17, 15) is 4.79 Å². The first-order valence-corrected chi connectivity index (χ1v) is 6.31. The normalized spacial score (nSPS) is 19.6. The summed E-state index contributed by atoms with van der Waals surface area (Å²) >= 11 is 0. The van der Waals surface area contributed by atoms with Crippen LogP contribution in [0.4, 0.5) is 11.4 Å². The minimum Gasteiger partial charge on any atom is -0.461 e. The maximum absolute atomic E-state index is 12.4. The molecule has 0 fully saturated rings. The third-order valence-corrected chi connectivity index (χ3v) is 3.39. The van der Waals surface area contributed by atoms with Gasteiger partial charge in [0.05, 0.1) is 11.4 Å². The number of pyridine rings is 1. The Bertz CT molecular complexity index is 725. The Hall–Kier alpha value is -2.82. The molecule has 98 valence electrons. The molecule has 3 heterocycles. The highest BCUT2D eigenvalue weighted by Gasteiger charge is 2.38. The van der Waals surface area contributed by atoms with Crippen LogP contribution >= 0.6 is 0 Å². The number of nitrogens with one attached hydrogen (secondary N) is 2. The summed E-state index contributed by atoms with van der Waals surface area (Å²) in [5.74, 6) is 0.406. The largest absolute Gasteiger partial charge is 0.461 e. The van der Waals surface area contributed by atoms with E-state index in [1.165, 1.54) is 0 Å². The number of ether oxygens (including phenoxy) is 1. The number of fused-ring (bicyclic) bond motifs is 1. The molecule has 0 bridgehead atoms. The Balaban J connectivity index is 1.68. The molecule has 2 aliphatic heterocycles. The van der Waals surface area contributed by atoms with Crippen molar-refractivity contribution in [1.82, 2.24) is 4.98 Å². The highest BCUT2D eigenvalue weighted by Crippen LogP contribution is 2.39. The number of aromatic nitrogens is 1. The molecule has 5 nitrogen and oxygen atoms in total. The van der Waals surface area contributed by atoms with E-state index in [-0.39, 0.29) is 5.78 Å². The van der Waals surface area contributed by atoms with E-state index in [0.717, 1.165) is 16.9 Å². The van der Waals surface area contributed by atoms with E-state index in [4.69, 9.17) is 4.74 Å². The summed E-state index contributed by atoms with van der Waals surface area (Å²) in [7, 11) is 0. The molecule has 0 radical (unpaired) electrons. The maximum atomic E-state index is 12.4. The fraction of sp³-hybridized carbons (Fsp3) is 0.0667. The summed E-state index contributed by atoms with van der Waals surface area (Å²) in [6.07, 6.45) is 2.69. The van der Waals surface area contributed by atoms with Crippen molar-refractivity contribution in [2.24, 2.45) is 0 Å². The monoisotopic (exact) mass is 265 g/mol. The van der Waals surface area contributed by atoms with Gasteiger partial charge in [-0.15, -0.1) is 0 Å². The van der Waals surface area contributed by atoms with Crippen LogP contribution in [-0.2, 0) is 9.53 Å². The van der Waals surface area contributed by atoms with Crippen LogP contribution in [0.3, 0.4) is 0 Å². The fourth-order valence-electron chi connectivity index (χ4n) is 2.40. The van der Waals surface area contributed by atoms with Gasteiger partial charge in [-0.2, -0.15) is 0 Å². The van der Waals surface area contributed by atoms with Gasteiger partial charge in [0.25, 0.3) is 0 Å². The van der Waals surface area contributed by atoms with Crippen molar-refractivity contribution in [3.05, 3.63) is 65.9 Å². The minimum atomic E-state index is -0.614. The van der Waals surface area contributed by atoms with Crippen molar-refractivity contribution >= 4 is 17.2 Å². The van der Waals surface area contributed by atoms with Gasteiger partial charge in [0.15, 0.2) is 6.10 Å². The number of benzene rings is 1. The van der Waals surface area contributed by atoms with Crippen LogP contribution in [0.2, 0.25) is 0 Å². The van der Waals surface area contributed by atoms with Gasteiger partial charge in [-0.1, -0.05) is 12.1 Å². The third kappa shape index (κ3) is 1.56. The zero-order chi connectivity index (χ0) is 13.5. The SMILES string of the molecule is O=C1C2=C(Nc3ccccc3N2)OC1c1ccncc1. The number of ketones is 1. The molecule has 0 saturated heterocycles. The van der Waals surface area contributed by atoms with E-state index < -0.39 is 6.10 Å². The number of para-hydroxylation sites is 2. The molecule has 0 spiro atoms. The third-order valence-electron chi connectivity index (χ3n) is 3.39. The molecule has 1 unspecified atom stereocenters. The summed E-state index contributed by atoms with van der Waals surface area (Å²) in [4.78, 5) is 16.4. The van der Waals surface area contributed by atoms with Crippen molar-refractivity contribution in [1.29, 1.82) is 0 Å². The van der Waals surface area contributed by atoms with Gasteiger partial charge in [0.1, 0.15) is 5.70 Å². The van der Waals surface area contributed by atoms with Crippen LogP contribution in [0, 0.1) is 0 Å². The summed E-state index contributed by atoms with van der Waals surface area (Å²) < 4.78 is 5.75. The average Bonchev–Trinajstić information content (AvgIpc) is 2.83. The molecule has 5 heteroatoms. The summed E-state index contributed by atoms with van der Waals surface area (Å²) in [6.45, 7) is 0. The Morgan fingerprint density at radius 2 is 1.70 bits per heavy atom. The van der Waals surface area contributed by atoms with Crippen LogP contribution in [0.5, 0.6) is 0 Å². The van der Waals surface area contributed by atoms with Crippen LogP contribution in [0.1, 0.15) is 11.7 Å². The second-order valence-corrected chi connectivity index (χ2v) is 4.64. The lowest BCUT2D eigenvalue weighted by Crippen LogP contribution is -2.17. The quantitative estimate of drug-likeness (QED) is 0.829. The smallest absolute Gasteiger partial charge is 0.229 e. The number of carbonyl (C=O) groups excluding carboxylic acids is 1. The molecular weight excluding hydrogens is 254 g/mol. The minimum absolute atomic E-state index is 0.0757. The Morgan fingerprint density at radius 1 is 1.00 bits per heavy atom. The number of hydrogen-bond donors (Lipinski definition) is 2. The number of Topliss-reactive ketones (excluding diaryl/α,β-unsaturated/α-hetero) is 1. The van der Waals surface area contributed by atoms with Crippen molar-refractivity contribution < 1.29 is 9.53 Å². The Kier molecular flexibility index (Phi) is 2.26. The number of rotatable bonds is 1. The van der Waals surface area contributed by atoms with Gasteiger partial charge in [0, 0.05) is 18.0 Å². The van der Waals surface area contributed by atoms with Gasteiger partial charge in [-0.3, -0.25) is 9.78 Å². The topological polar surface area (TPSA) is 63.2 Å². The van der Waals surface area contributed by atoms with Crippen molar-refractivity contribution in [3.8, 4) is 0 Å². The molecule has 20 heavy (non-hydrogen) atoms. The molecule has 0 amide bonds. The second-order valence-electron chi connectivity index (χ2n) is 4.64.